The van der Waals surface area contributed by atoms with E-state index in [1.54, 1.807) is 0 Å². The Kier molecular flexibility index (Phi) is 2.82. The number of hydrogen-bond donors (Lipinski definition) is 1. The third kappa shape index (κ3) is 2.12. The second kappa shape index (κ2) is 4.09. The maximum atomic E-state index is 5.67. The molecule has 0 amide bonds. The number of aromatic nitrogens is 2. The van der Waals surface area contributed by atoms with Crippen molar-refractivity contribution >= 4 is 0 Å². The van der Waals surface area contributed by atoms with Gasteiger partial charge in [-0.25, -0.2) is 0 Å². The Labute approximate surface area is 83.9 Å². The molecule has 4 nitrogen and oxygen atoms in total. The van der Waals surface area contributed by atoms with Gasteiger partial charge in [-0.1, -0.05) is 18.0 Å². The van der Waals surface area contributed by atoms with E-state index >= 15 is 0 Å². The normalized spacial score (nSPS) is 20.1. The highest BCUT2D eigenvalue weighted by Gasteiger charge is 2.22. The topological polar surface area (TPSA) is 64.9 Å². The number of nitrogens with two attached hydrogens (primary N) is 1. The lowest BCUT2D eigenvalue weighted by atomic mass is 10.1. The summed E-state index contributed by atoms with van der Waals surface area (Å²) in [5.74, 6) is 2.07. The Morgan fingerprint density at radius 2 is 2.21 bits per heavy atom. The van der Waals surface area contributed by atoms with Crippen LogP contribution in [-0.4, -0.2) is 16.2 Å². The van der Waals surface area contributed by atoms with E-state index in [0.717, 1.165) is 11.7 Å². The van der Waals surface area contributed by atoms with Crippen LogP contribution in [0.15, 0.2) is 4.52 Å². The summed E-state index contributed by atoms with van der Waals surface area (Å²) in [5, 5.41) is 3.93. The Hall–Kier alpha value is -0.900. The fraction of sp³-hybridized carbons (Fsp3) is 0.800. The predicted molar refractivity (Wildman–Crippen MR) is 52.9 cm³/mol. The van der Waals surface area contributed by atoms with Crippen molar-refractivity contribution in [3.8, 4) is 0 Å². The number of nitrogens with zero attached hydrogens (tertiary/aromatic N) is 2. The van der Waals surface area contributed by atoms with Gasteiger partial charge in [0.15, 0.2) is 5.82 Å². The molecule has 1 atom stereocenters. The van der Waals surface area contributed by atoms with Crippen LogP contribution in [-0.2, 0) is 6.42 Å². The lowest BCUT2D eigenvalue weighted by Gasteiger charge is -2.00. The van der Waals surface area contributed by atoms with Crippen LogP contribution in [0, 0.1) is 0 Å². The predicted octanol–water partition coefficient (Wildman–Crippen LogP) is 1.62. The molecule has 0 aromatic carbocycles. The molecule has 1 aliphatic rings. The second-order valence-corrected chi connectivity index (χ2v) is 4.21. The van der Waals surface area contributed by atoms with Gasteiger partial charge in [-0.05, 0) is 19.8 Å². The van der Waals surface area contributed by atoms with E-state index < -0.39 is 0 Å². The SMILES string of the molecule is CC(N)Cc1noc(C2CCCC2)n1. The van der Waals surface area contributed by atoms with Crippen molar-refractivity contribution in [3.63, 3.8) is 0 Å². The maximum Gasteiger partial charge on any atom is 0.229 e. The largest absolute Gasteiger partial charge is 0.339 e. The summed E-state index contributed by atoms with van der Waals surface area (Å²) in [6, 6.07) is 0.101. The van der Waals surface area contributed by atoms with Gasteiger partial charge < -0.3 is 10.3 Å². The summed E-state index contributed by atoms with van der Waals surface area (Å²) < 4.78 is 5.23. The van der Waals surface area contributed by atoms with Crippen molar-refractivity contribution < 1.29 is 4.52 Å². The van der Waals surface area contributed by atoms with Gasteiger partial charge >= 0.3 is 0 Å². The fourth-order valence-corrected chi connectivity index (χ4v) is 1.98. The lowest BCUT2D eigenvalue weighted by Crippen LogP contribution is -2.18. The summed E-state index contributed by atoms with van der Waals surface area (Å²) in [5.41, 5.74) is 5.67. The van der Waals surface area contributed by atoms with E-state index in [2.05, 4.69) is 10.1 Å². The van der Waals surface area contributed by atoms with Crippen molar-refractivity contribution in [3.05, 3.63) is 11.7 Å². The van der Waals surface area contributed by atoms with E-state index in [0.29, 0.717) is 12.3 Å². The minimum Gasteiger partial charge on any atom is -0.339 e. The molecule has 78 valence electrons. The average Bonchev–Trinajstić information content (AvgIpc) is 2.69. The molecule has 1 aromatic heterocycles. The molecule has 4 heteroatoms. The molecule has 2 N–H and O–H groups in total. The molecule has 14 heavy (non-hydrogen) atoms. The van der Waals surface area contributed by atoms with Crippen molar-refractivity contribution in [1.82, 2.24) is 10.1 Å². The first-order valence-corrected chi connectivity index (χ1v) is 5.34. The molecule has 1 heterocycles. The highest BCUT2D eigenvalue weighted by Crippen LogP contribution is 2.32. The van der Waals surface area contributed by atoms with Crippen LogP contribution >= 0.6 is 0 Å². The van der Waals surface area contributed by atoms with Crippen LogP contribution in [0.2, 0.25) is 0 Å². The van der Waals surface area contributed by atoms with Crippen LogP contribution in [0.3, 0.4) is 0 Å². The number of rotatable bonds is 3. The first-order chi connectivity index (χ1) is 6.75. The molecule has 1 fully saturated rings. The summed E-state index contributed by atoms with van der Waals surface area (Å²) in [4.78, 5) is 4.37. The Morgan fingerprint density at radius 1 is 1.50 bits per heavy atom. The van der Waals surface area contributed by atoms with Crippen LogP contribution in [0.1, 0.15) is 50.2 Å². The summed E-state index contributed by atoms with van der Waals surface area (Å²) in [6.45, 7) is 1.95. The Balaban J connectivity index is 2.01. The Morgan fingerprint density at radius 3 is 2.86 bits per heavy atom. The van der Waals surface area contributed by atoms with Gasteiger partial charge in [0, 0.05) is 18.4 Å². The van der Waals surface area contributed by atoms with Gasteiger partial charge in [-0.3, -0.25) is 0 Å². The van der Waals surface area contributed by atoms with Crippen LogP contribution in [0.4, 0.5) is 0 Å². The van der Waals surface area contributed by atoms with Crippen molar-refractivity contribution in [2.24, 2.45) is 5.73 Å². The van der Waals surface area contributed by atoms with Gasteiger partial charge in [0.05, 0.1) is 0 Å². The zero-order valence-electron chi connectivity index (χ0n) is 8.57. The molecule has 1 aromatic rings. The van der Waals surface area contributed by atoms with Gasteiger partial charge in [-0.15, -0.1) is 0 Å². The lowest BCUT2D eigenvalue weighted by molar-refractivity contribution is 0.349. The molecular weight excluding hydrogens is 178 g/mol. The zero-order valence-corrected chi connectivity index (χ0v) is 8.57. The zero-order chi connectivity index (χ0) is 9.97. The first kappa shape index (κ1) is 9.65. The van der Waals surface area contributed by atoms with Crippen molar-refractivity contribution in [1.29, 1.82) is 0 Å². The third-order valence-corrected chi connectivity index (χ3v) is 2.69. The van der Waals surface area contributed by atoms with E-state index in [-0.39, 0.29) is 6.04 Å². The molecule has 0 saturated heterocycles. The minimum atomic E-state index is 0.101. The van der Waals surface area contributed by atoms with Gasteiger partial charge in [-0.2, -0.15) is 4.98 Å². The van der Waals surface area contributed by atoms with Crippen LogP contribution < -0.4 is 5.73 Å². The highest BCUT2D eigenvalue weighted by atomic mass is 16.5. The van der Waals surface area contributed by atoms with Gasteiger partial charge in [0.1, 0.15) is 0 Å². The molecule has 0 radical (unpaired) electrons. The molecular formula is C10H17N3O. The molecule has 0 aliphatic heterocycles. The van der Waals surface area contributed by atoms with Crippen LogP contribution in [0.5, 0.6) is 0 Å². The molecule has 1 unspecified atom stereocenters. The summed E-state index contributed by atoms with van der Waals surface area (Å²) in [7, 11) is 0. The Bertz CT molecular complexity index is 289. The summed E-state index contributed by atoms with van der Waals surface area (Å²) in [6.07, 6.45) is 5.67. The molecule has 2 rings (SSSR count). The smallest absolute Gasteiger partial charge is 0.229 e. The average molecular weight is 195 g/mol. The first-order valence-electron chi connectivity index (χ1n) is 5.34. The van der Waals surface area contributed by atoms with Gasteiger partial charge in [0.25, 0.3) is 0 Å². The van der Waals surface area contributed by atoms with E-state index in [1.165, 1.54) is 25.7 Å². The van der Waals surface area contributed by atoms with Gasteiger partial charge in [0.2, 0.25) is 5.89 Å². The van der Waals surface area contributed by atoms with Crippen molar-refractivity contribution in [2.45, 2.75) is 51.0 Å². The van der Waals surface area contributed by atoms with E-state index in [9.17, 15) is 0 Å². The molecule has 0 bridgehead atoms. The minimum absolute atomic E-state index is 0.101. The summed E-state index contributed by atoms with van der Waals surface area (Å²) >= 11 is 0. The highest BCUT2D eigenvalue weighted by molar-refractivity contribution is 4.97. The second-order valence-electron chi connectivity index (χ2n) is 4.21. The molecule has 0 spiro atoms. The van der Waals surface area contributed by atoms with E-state index in [1.807, 2.05) is 6.92 Å². The number of hydrogen-bond acceptors (Lipinski definition) is 4. The van der Waals surface area contributed by atoms with E-state index in [4.69, 9.17) is 10.3 Å². The maximum absolute atomic E-state index is 5.67. The quantitative estimate of drug-likeness (QED) is 0.795. The standard InChI is InChI=1S/C10H17N3O/c1-7(11)6-9-12-10(14-13-9)8-4-2-3-5-8/h7-8H,2-6,11H2,1H3. The van der Waals surface area contributed by atoms with Crippen LogP contribution in [0.25, 0.3) is 0 Å². The molecule has 1 aliphatic carbocycles. The van der Waals surface area contributed by atoms with Crippen molar-refractivity contribution in [2.75, 3.05) is 0 Å². The monoisotopic (exact) mass is 195 g/mol. The third-order valence-electron chi connectivity index (χ3n) is 2.69. The fourth-order valence-electron chi connectivity index (χ4n) is 1.98. The molecule has 1 saturated carbocycles.